The van der Waals surface area contributed by atoms with E-state index in [9.17, 15) is 9.59 Å². The molecule has 0 unspecified atom stereocenters. The van der Waals surface area contributed by atoms with Crippen LogP contribution in [-0.2, 0) is 10.2 Å². The Morgan fingerprint density at radius 1 is 0.929 bits per heavy atom. The summed E-state index contributed by atoms with van der Waals surface area (Å²) >= 11 is 1.33. The minimum Gasteiger partial charge on any atom is -0.497 e. The molecular weight excluding hydrogens is 548 g/mol. The molecule has 42 heavy (non-hydrogen) atoms. The summed E-state index contributed by atoms with van der Waals surface area (Å²) in [7, 11) is 3.03. The predicted molar refractivity (Wildman–Crippen MR) is 163 cm³/mol. The van der Waals surface area contributed by atoms with Crippen LogP contribution in [0.1, 0.15) is 38.1 Å². The van der Waals surface area contributed by atoms with Gasteiger partial charge in [0.15, 0.2) is 11.6 Å². The van der Waals surface area contributed by atoms with Gasteiger partial charge in [-0.1, -0.05) is 48.5 Å². The Kier molecular flexibility index (Phi) is 6.06. The quantitative estimate of drug-likeness (QED) is 0.283. The number of rotatable bonds is 6. The van der Waals surface area contributed by atoms with Gasteiger partial charge in [-0.05, 0) is 59.8 Å². The lowest BCUT2D eigenvalue weighted by atomic mass is 9.64. The van der Waals surface area contributed by atoms with E-state index in [1.165, 1.54) is 25.6 Å². The molecule has 3 aliphatic heterocycles. The normalized spacial score (nSPS) is 23.5. The number of carbonyl (C=O) groups excluding carboxylic acids is 3. The highest BCUT2D eigenvalue weighted by molar-refractivity contribution is 7.12. The third kappa shape index (κ3) is 3.48. The van der Waals surface area contributed by atoms with Gasteiger partial charge in [0.25, 0.3) is 0 Å². The number of amides is 1. The summed E-state index contributed by atoms with van der Waals surface area (Å²) in [4.78, 5) is 46.8. The van der Waals surface area contributed by atoms with Gasteiger partial charge in [-0.2, -0.15) is 0 Å². The molecule has 1 N–H and O–H groups in total. The van der Waals surface area contributed by atoms with Crippen LogP contribution in [0.4, 0.5) is 11.4 Å². The number of allylic oxidation sites excluding steroid dienone is 1. The van der Waals surface area contributed by atoms with Crippen molar-refractivity contribution in [3.63, 3.8) is 0 Å². The molecule has 4 atom stereocenters. The SMILES string of the molecule is COc1ccc(OC)c(C(=O)[C@@H]2[C@H](C(=O)c3cccs3)N3c4ccccc4C(C)=C[C@@H]3[C@]23C(=O)Nc2ccccc23)c1. The molecule has 4 aromatic rings. The van der Waals surface area contributed by atoms with Gasteiger partial charge < -0.3 is 19.7 Å². The Balaban J connectivity index is 1.57. The van der Waals surface area contributed by atoms with E-state index in [-0.39, 0.29) is 23.0 Å². The Labute approximate surface area is 247 Å². The molecule has 4 heterocycles. The first kappa shape index (κ1) is 26.2. The van der Waals surface area contributed by atoms with Gasteiger partial charge in [-0.25, -0.2) is 0 Å². The number of carbonyl (C=O) groups is 3. The number of anilines is 2. The number of hydrogen-bond acceptors (Lipinski definition) is 7. The van der Waals surface area contributed by atoms with Gasteiger partial charge in [-0.15, -0.1) is 11.3 Å². The zero-order valence-corrected chi connectivity index (χ0v) is 24.1. The second-order valence-corrected chi connectivity index (χ2v) is 11.7. The highest BCUT2D eigenvalue weighted by Crippen LogP contribution is 2.59. The molecule has 1 spiro atoms. The first-order valence-corrected chi connectivity index (χ1v) is 14.6. The number of ether oxygens (including phenoxy) is 2. The summed E-state index contributed by atoms with van der Waals surface area (Å²) in [5, 5.41) is 4.92. The Hall–Kier alpha value is -4.69. The van der Waals surface area contributed by atoms with Crippen molar-refractivity contribution in [2.24, 2.45) is 5.92 Å². The van der Waals surface area contributed by atoms with Crippen molar-refractivity contribution >= 4 is 45.8 Å². The van der Waals surface area contributed by atoms with E-state index in [1.807, 2.05) is 71.8 Å². The van der Waals surface area contributed by atoms with Crippen LogP contribution >= 0.6 is 11.3 Å². The fourth-order valence-corrected chi connectivity index (χ4v) is 7.82. The topological polar surface area (TPSA) is 84.9 Å². The molecule has 7 rings (SSSR count). The number of Topliss-reactive ketones (excluding diaryl/α,β-unsaturated/α-hetero) is 2. The third-order valence-electron chi connectivity index (χ3n) is 8.87. The number of ketones is 2. The molecule has 3 aliphatic rings. The first-order valence-electron chi connectivity index (χ1n) is 13.7. The lowest BCUT2D eigenvalue weighted by Crippen LogP contribution is -2.51. The fraction of sp³-hybridized carbons (Fsp3) is 0.206. The van der Waals surface area contributed by atoms with E-state index in [1.54, 1.807) is 24.3 Å². The van der Waals surface area contributed by atoms with Gasteiger partial charge in [-0.3, -0.25) is 14.4 Å². The standard InChI is InChI=1S/C34H28N2O5S/c1-19-17-28-34(23-10-5-6-11-24(23)35-33(34)39)29(31(37)22-18-20(40-2)14-15-26(22)41-3)30(32(38)27-13-8-16-42-27)36(28)25-12-7-4-9-21(19)25/h4-18,28-30H,1-3H3,(H,35,39)/t28-,29+,30-,34+/m1/s1. The van der Waals surface area contributed by atoms with E-state index in [0.29, 0.717) is 27.6 Å². The van der Waals surface area contributed by atoms with Gasteiger partial charge in [0.1, 0.15) is 23.0 Å². The Morgan fingerprint density at radius 3 is 2.48 bits per heavy atom. The summed E-state index contributed by atoms with van der Waals surface area (Å²) in [6.07, 6.45) is 2.05. The molecule has 8 heteroatoms. The number of thiophene rings is 1. The minimum absolute atomic E-state index is 0.202. The molecule has 1 aromatic heterocycles. The van der Waals surface area contributed by atoms with Crippen LogP contribution in [0.25, 0.3) is 5.57 Å². The van der Waals surface area contributed by atoms with Gasteiger partial charge in [0, 0.05) is 16.9 Å². The van der Waals surface area contributed by atoms with Gasteiger partial charge in [0.05, 0.1) is 36.6 Å². The highest BCUT2D eigenvalue weighted by atomic mass is 32.1. The number of para-hydroxylation sites is 2. The number of methoxy groups -OCH3 is 2. The maximum Gasteiger partial charge on any atom is 0.238 e. The van der Waals surface area contributed by atoms with Crippen molar-refractivity contribution in [1.29, 1.82) is 0 Å². The van der Waals surface area contributed by atoms with Gasteiger partial charge >= 0.3 is 0 Å². The molecule has 7 nitrogen and oxygen atoms in total. The summed E-state index contributed by atoms with van der Waals surface area (Å²) in [5.74, 6) is -1.12. The van der Waals surface area contributed by atoms with E-state index in [0.717, 1.165) is 16.8 Å². The molecule has 3 aromatic carbocycles. The second kappa shape index (κ2) is 9.70. The maximum absolute atomic E-state index is 15.1. The van der Waals surface area contributed by atoms with Crippen LogP contribution < -0.4 is 19.7 Å². The molecule has 0 aliphatic carbocycles. The molecule has 210 valence electrons. The van der Waals surface area contributed by atoms with Crippen LogP contribution in [0.3, 0.4) is 0 Å². The second-order valence-electron chi connectivity index (χ2n) is 10.8. The van der Waals surface area contributed by atoms with E-state index < -0.39 is 23.4 Å². The van der Waals surface area contributed by atoms with Crippen molar-refractivity contribution in [1.82, 2.24) is 0 Å². The fourth-order valence-electron chi connectivity index (χ4n) is 7.13. The smallest absolute Gasteiger partial charge is 0.238 e. The van der Waals surface area contributed by atoms with Crippen LogP contribution in [0, 0.1) is 5.92 Å². The maximum atomic E-state index is 15.1. The summed E-state index contributed by atoms with van der Waals surface area (Å²) in [6.45, 7) is 2.01. The van der Waals surface area contributed by atoms with Gasteiger partial charge in [0.2, 0.25) is 5.91 Å². The monoisotopic (exact) mass is 576 g/mol. The number of nitrogens with one attached hydrogen (secondary N) is 1. The lowest BCUT2D eigenvalue weighted by Gasteiger charge is -2.39. The number of hydrogen-bond donors (Lipinski definition) is 1. The Bertz CT molecular complexity index is 1800. The highest BCUT2D eigenvalue weighted by Gasteiger charge is 2.70. The number of fused-ring (bicyclic) bond motifs is 6. The molecule has 1 amide bonds. The molecule has 1 saturated heterocycles. The zero-order chi connectivity index (χ0) is 29.2. The average Bonchev–Trinajstić information content (AvgIpc) is 3.73. The summed E-state index contributed by atoms with van der Waals surface area (Å²) in [6, 6.07) is 22.4. The molecule has 0 bridgehead atoms. The van der Waals surface area contributed by atoms with Crippen molar-refractivity contribution < 1.29 is 23.9 Å². The first-order chi connectivity index (χ1) is 20.4. The van der Waals surface area contributed by atoms with Crippen LogP contribution in [0.15, 0.2) is 90.3 Å². The minimum atomic E-state index is -1.39. The molecular formula is C34H28N2O5S. The lowest BCUT2D eigenvalue weighted by molar-refractivity contribution is -0.121. The van der Waals surface area contributed by atoms with Crippen LogP contribution in [0.2, 0.25) is 0 Å². The predicted octanol–water partition coefficient (Wildman–Crippen LogP) is 6.01. The largest absolute Gasteiger partial charge is 0.497 e. The summed E-state index contributed by atoms with van der Waals surface area (Å²) in [5.41, 5.74) is 2.98. The van der Waals surface area contributed by atoms with Crippen LogP contribution in [-0.4, -0.2) is 43.8 Å². The van der Waals surface area contributed by atoms with Crippen molar-refractivity contribution in [2.75, 3.05) is 24.4 Å². The Morgan fingerprint density at radius 2 is 1.71 bits per heavy atom. The van der Waals surface area contributed by atoms with Crippen molar-refractivity contribution in [2.45, 2.75) is 24.4 Å². The van der Waals surface area contributed by atoms with Crippen LogP contribution in [0.5, 0.6) is 11.5 Å². The summed E-state index contributed by atoms with van der Waals surface area (Å²) < 4.78 is 11.1. The molecule has 0 saturated carbocycles. The van der Waals surface area contributed by atoms with E-state index in [2.05, 4.69) is 11.4 Å². The average molecular weight is 577 g/mol. The molecule has 1 fully saturated rings. The van der Waals surface area contributed by atoms with Crippen molar-refractivity contribution in [3.05, 3.63) is 112 Å². The molecule has 0 radical (unpaired) electrons. The third-order valence-corrected chi connectivity index (χ3v) is 9.76. The van der Waals surface area contributed by atoms with E-state index >= 15 is 4.79 Å². The van der Waals surface area contributed by atoms with Crippen molar-refractivity contribution in [3.8, 4) is 11.5 Å². The van der Waals surface area contributed by atoms with E-state index in [4.69, 9.17) is 9.47 Å². The number of nitrogens with zero attached hydrogens (tertiary/aromatic N) is 1. The number of benzene rings is 3. The zero-order valence-electron chi connectivity index (χ0n) is 23.3.